The molecule has 0 saturated carbocycles. The molecule has 0 aliphatic rings. The van der Waals surface area contributed by atoms with E-state index in [0.29, 0.717) is 33.4 Å². The van der Waals surface area contributed by atoms with E-state index in [9.17, 15) is 36.2 Å². The van der Waals surface area contributed by atoms with Gasteiger partial charge in [0.05, 0.1) is 0 Å². The van der Waals surface area contributed by atoms with Gasteiger partial charge < -0.3 is 21.7 Å². The van der Waals surface area contributed by atoms with Gasteiger partial charge in [0.15, 0.2) is 11.5 Å². The Hall–Kier alpha value is -5.94. The molecule has 6 aromatic carbocycles. The van der Waals surface area contributed by atoms with Crippen LogP contribution < -0.4 is 11.5 Å². The first kappa shape index (κ1) is 31.3. The average molecular weight is 713 g/mol. The maximum atomic E-state index is 12.8. The number of nitrogens with zero attached hydrogens (tertiary/aromatic N) is 2. The summed E-state index contributed by atoms with van der Waals surface area (Å²) in [6.45, 7) is 3.39. The minimum atomic E-state index is -5.06. The standard InChI is InChI=1S/C34H28N6O8S2/c1-15-11-17(3-7-21(15)27-25-13-19(35)5-9-23(25)31(41)29(39-37)33(27)49(43,44)45)18-4-8-22(16(2)12-18)28-26-14-20(36)6-10-24(26)32(42)30(40-38)34(28)50(46,47)48/h3-14,37-38,41-42H,35-36H2,1-2H3,(H,43,44,45)(H,46,47,48)/b39-37+,40-38+. The molecule has 0 atom stereocenters. The van der Waals surface area contributed by atoms with Crippen molar-refractivity contribution in [1.29, 1.82) is 11.0 Å². The summed E-state index contributed by atoms with van der Waals surface area (Å²) in [5.74, 6) is -1.24. The maximum Gasteiger partial charge on any atom is 0.297 e. The number of rotatable bonds is 7. The first-order valence-corrected chi connectivity index (χ1v) is 17.4. The number of nitrogens with one attached hydrogen (secondary N) is 2. The largest absolute Gasteiger partial charge is 0.505 e. The molecule has 14 nitrogen and oxygen atoms in total. The molecule has 0 bridgehead atoms. The van der Waals surface area contributed by atoms with E-state index in [1.54, 1.807) is 50.2 Å². The quantitative estimate of drug-likeness (QED) is 0.0448. The molecule has 6 rings (SSSR count). The smallest absolute Gasteiger partial charge is 0.297 e. The van der Waals surface area contributed by atoms with Crippen LogP contribution in [0.25, 0.3) is 54.9 Å². The van der Waals surface area contributed by atoms with E-state index in [4.69, 9.17) is 14.3 Å². The lowest BCUT2D eigenvalue weighted by atomic mass is 9.89. The topological polar surface area (TPSA) is 274 Å². The van der Waals surface area contributed by atoms with Gasteiger partial charge in [-0.15, -0.1) is 0 Å². The number of nitrogen functional groups attached to an aromatic ring is 2. The van der Waals surface area contributed by atoms with Crippen LogP contribution >= 0.6 is 0 Å². The Kier molecular flexibility index (Phi) is 7.45. The van der Waals surface area contributed by atoms with Crippen LogP contribution in [0.15, 0.2) is 92.8 Å². The van der Waals surface area contributed by atoms with Crippen LogP contribution in [0.4, 0.5) is 22.7 Å². The van der Waals surface area contributed by atoms with E-state index in [0.717, 1.165) is 0 Å². The summed E-state index contributed by atoms with van der Waals surface area (Å²) in [6, 6.07) is 18.8. The number of hydrogen-bond acceptors (Lipinski definition) is 12. The number of benzene rings is 6. The van der Waals surface area contributed by atoms with Crippen LogP contribution in [0.2, 0.25) is 2.82 Å². The van der Waals surface area contributed by atoms with E-state index in [2.05, 4.69) is 21.3 Å². The van der Waals surface area contributed by atoms with E-state index in [-0.39, 0.29) is 44.0 Å². The van der Waals surface area contributed by atoms with Crippen molar-refractivity contribution in [1.82, 2.24) is 0 Å². The summed E-state index contributed by atoms with van der Waals surface area (Å²) in [7, 11) is -10.1. The van der Waals surface area contributed by atoms with Crippen molar-refractivity contribution in [3.8, 4) is 44.9 Å². The lowest BCUT2D eigenvalue weighted by Gasteiger charge is -2.19. The van der Waals surface area contributed by atoms with Gasteiger partial charge in [-0.1, -0.05) is 36.4 Å². The second kappa shape index (κ2) is 11.9. The van der Waals surface area contributed by atoms with Gasteiger partial charge in [-0.05, 0) is 94.4 Å². The normalized spacial score (nSPS) is 13.0. The van der Waals surface area contributed by atoms with Gasteiger partial charge in [0.25, 0.3) is 20.2 Å². The Bertz CT molecular complexity index is 2600. The highest BCUT2D eigenvalue weighted by Crippen LogP contribution is 2.51. The number of phenols is 2. The summed E-state index contributed by atoms with van der Waals surface area (Å²) in [5, 5.41) is 29.6. The van der Waals surface area contributed by atoms with Crippen LogP contribution in [-0.2, 0) is 20.2 Å². The highest BCUT2D eigenvalue weighted by atomic mass is 32.2. The highest BCUT2D eigenvalue weighted by Gasteiger charge is 2.31. The molecule has 0 saturated heterocycles. The van der Waals surface area contributed by atoms with E-state index < -0.39 is 52.9 Å². The number of aryl methyl sites for hydroxylation is 2. The van der Waals surface area contributed by atoms with Crippen molar-refractivity contribution in [2.24, 2.45) is 10.2 Å². The Balaban J connectivity index is 1.58. The zero-order valence-electron chi connectivity index (χ0n) is 28.1. The highest BCUT2D eigenvalue weighted by molar-refractivity contribution is 7.86. The molecule has 0 heterocycles. The Morgan fingerprint density at radius 3 is 1.30 bits per heavy atom. The molecule has 0 aromatic heterocycles. The fourth-order valence-electron chi connectivity index (χ4n) is 6.37. The molecule has 0 aliphatic carbocycles. The van der Waals surface area contributed by atoms with Gasteiger partial charge in [-0.2, -0.15) is 27.1 Å². The van der Waals surface area contributed by atoms with Crippen molar-refractivity contribution < 1.29 is 39.0 Å². The predicted octanol–water partition coefficient (Wildman–Crippen LogP) is 8.00. The number of phenolic OH excluding ortho intramolecular Hbond substituents is 2. The van der Waals surface area contributed by atoms with E-state index in [1.807, 2.05) is 0 Å². The Morgan fingerprint density at radius 2 is 0.980 bits per heavy atom. The minimum absolute atomic E-state index is 0.0302. The zero-order chi connectivity index (χ0) is 37.9. The van der Waals surface area contributed by atoms with Crippen LogP contribution in [0.5, 0.6) is 11.5 Å². The first-order valence-electron chi connectivity index (χ1n) is 15.4. The van der Waals surface area contributed by atoms with E-state index in [1.165, 1.54) is 36.4 Å². The van der Waals surface area contributed by atoms with Crippen molar-refractivity contribution >= 4 is 64.5 Å². The van der Waals surface area contributed by atoms with Crippen LogP contribution in [0.1, 0.15) is 11.1 Å². The molecule has 0 fully saturated rings. The van der Waals surface area contributed by atoms with Gasteiger partial charge in [0.2, 0.25) is 2.82 Å². The summed E-state index contributed by atoms with van der Waals surface area (Å²) < 4.78 is 86.4. The lowest BCUT2D eigenvalue weighted by molar-refractivity contribution is 0.472. The fraction of sp³-hybridized carbons (Fsp3) is 0.0588. The summed E-state index contributed by atoms with van der Waals surface area (Å²) in [4.78, 5) is -1.54. The van der Waals surface area contributed by atoms with Gasteiger partial charge in [0, 0.05) is 33.3 Å². The number of nitrogens with two attached hydrogens (primary N) is 2. The maximum absolute atomic E-state index is 12.8. The number of anilines is 2. The minimum Gasteiger partial charge on any atom is -0.505 e. The molecule has 0 unspecified atom stereocenters. The molecular weight excluding hydrogens is 685 g/mol. The third-order valence-corrected chi connectivity index (χ3v) is 10.3. The Morgan fingerprint density at radius 1 is 0.600 bits per heavy atom. The molecule has 10 N–H and O–H groups in total. The third kappa shape index (κ3) is 5.45. The molecule has 0 radical (unpaired) electrons. The summed E-state index contributed by atoms with van der Waals surface area (Å²) in [5.41, 5.74) is 20.0. The molecule has 0 spiro atoms. The first-order chi connectivity index (χ1) is 24.5. The molecule has 0 aliphatic heterocycles. The molecular formula is C34H28N6O8S2. The monoisotopic (exact) mass is 712 g/mol. The molecule has 254 valence electrons. The molecule has 0 amide bonds. The molecule has 16 heteroatoms. The second-order valence-corrected chi connectivity index (χ2v) is 14.3. The van der Waals surface area contributed by atoms with Crippen LogP contribution in [0.3, 0.4) is 0 Å². The average Bonchev–Trinajstić information content (AvgIpc) is 3.06. The third-order valence-electron chi connectivity index (χ3n) is 8.51. The predicted molar refractivity (Wildman–Crippen MR) is 189 cm³/mol. The van der Waals surface area contributed by atoms with Gasteiger partial charge in [-0.25, -0.2) is 11.0 Å². The van der Waals surface area contributed by atoms with Gasteiger partial charge in [-0.3, -0.25) is 9.11 Å². The number of aromatic hydroxyl groups is 2. The van der Waals surface area contributed by atoms with Crippen LogP contribution in [0, 0.1) is 24.9 Å². The fourth-order valence-corrected chi connectivity index (χ4v) is 8.09. The van der Waals surface area contributed by atoms with Crippen molar-refractivity contribution in [3.63, 3.8) is 0 Å². The summed E-state index contributed by atoms with van der Waals surface area (Å²) >= 11 is 0. The number of fused-ring (bicyclic) bond motifs is 2. The summed E-state index contributed by atoms with van der Waals surface area (Å²) in [6.07, 6.45) is 0. The second-order valence-electron chi connectivity index (χ2n) is 11.6. The van der Waals surface area contributed by atoms with Gasteiger partial charge >= 0.3 is 0 Å². The van der Waals surface area contributed by atoms with Gasteiger partial charge in [0.1, 0.15) is 21.2 Å². The Labute approximate surface area is 288 Å². The van der Waals surface area contributed by atoms with E-state index >= 15 is 0 Å². The van der Waals surface area contributed by atoms with Crippen molar-refractivity contribution in [2.45, 2.75) is 23.6 Å². The lowest BCUT2D eigenvalue weighted by Crippen LogP contribution is -2.04. The van der Waals surface area contributed by atoms with Crippen molar-refractivity contribution in [2.75, 3.05) is 11.5 Å². The zero-order valence-corrected chi connectivity index (χ0v) is 27.7. The molecule has 6 aromatic rings. The SMILES string of the molecule is [H]/N=N/c1c(S(=O)(=O)O)c(-c2ccc(-c3ccc(-c4c(S(=O)(=O)O)c(/N=N/[H])c(O)c5ccc(N)cc45)c(C)c3)cc2C)c2cc(N)ccc2c1O. The van der Waals surface area contributed by atoms with Crippen molar-refractivity contribution in [3.05, 3.63) is 83.9 Å². The number of hydrogen-bond donors (Lipinski definition) is 8. The van der Waals surface area contributed by atoms with Crippen LogP contribution in [-0.4, -0.2) is 36.2 Å². The molecule has 50 heavy (non-hydrogen) atoms.